The van der Waals surface area contributed by atoms with Gasteiger partial charge in [-0.1, -0.05) is 11.8 Å². The van der Waals surface area contributed by atoms with Crippen molar-refractivity contribution in [2.45, 2.75) is 6.54 Å². The summed E-state index contributed by atoms with van der Waals surface area (Å²) in [5, 5.41) is 9.08. The molecule has 96 valence electrons. The van der Waals surface area contributed by atoms with Crippen molar-refractivity contribution in [3.05, 3.63) is 41.7 Å². The molecule has 0 aliphatic carbocycles. The average molecular weight is 256 g/mol. The van der Waals surface area contributed by atoms with Crippen LogP contribution < -0.4 is 11.1 Å². The van der Waals surface area contributed by atoms with Crippen LogP contribution >= 0.6 is 0 Å². The van der Waals surface area contributed by atoms with Gasteiger partial charge in [0.1, 0.15) is 12.2 Å². The number of H-pyrrole nitrogens is 1. The van der Waals surface area contributed by atoms with Crippen molar-refractivity contribution in [2.24, 2.45) is 5.73 Å². The quantitative estimate of drug-likeness (QED) is 0.638. The Morgan fingerprint density at radius 3 is 3.16 bits per heavy atom. The Kier molecular flexibility index (Phi) is 4.21. The van der Waals surface area contributed by atoms with E-state index in [1.165, 1.54) is 18.7 Å². The Bertz CT molecular complexity index is 611. The van der Waals surface area contributed by atoms with Crippen molar-refractivity contribution >= 4 is 5.91 Å². The largest absolute Gasteiger partial charge is 0.345 e. The minimum atomic E-state index is -0.250. The highest BCUT2D eigenvalue weighted by Crippen LogP contribution is 2.05. The predicted molar refractivity (Wildman–Crippen MR) is 67.7 cm³/mol. The van der Waals surface area contributed by atoms with E-state index in [1.807, 2.05) is 0 Å². The Morgan fingerprint density at radius 2 is 2.42 bits per heavy atom. The SMILES string of the molecule is NCC#Cc1cnccc1C(=O)NCc1ncn[nH]1. The van der Waals surface area contributed by atoms with Crippen LogP contribution in [0.4, 0.5) is 0 Å². The molecule has 7 heteroatoms. The molecule has 2 heterocycles. The fraction of sp³-hybridized carbons (Fsp3) is 0.167. The van der Waals surface area contributed by atoms with E-state index in [4.69, 9.17) is 5.73 Å². The minimum Gasteiger partial charge on any atom is -0.345 e. The van der Waals surface area contributed by atoms with E-state index in [-0.39, 0.29) is 19.0 Å². The summed E-state index contributed by atoms with van der Waals surface area (Å²) in [5.74, 6) is 5.84. The molecule has 0 spiro atoms. The second-order valence-corrected chi connectivity index (χ2v) is 3.54. The van der Waals surface area contributed by atoms with Crippen LogP contribution in [0, 0.1) is 11.8 Å². The Morgan fingerprint density at radius 1 is 1.53 bits per heavy atom. The molecule has 0 saturated heterocycles. The van der Waals surface area contributed by atoms with Crippen molar-refractivity contribution in [1.82, 2.24) is 25.5 Å². The van der Waals surface area contributed by atoms with Gasteiger partial charge in [0, 0.05) is 12.4 Å². The highest BCUT2D eigenvalue weighted by atomic mass is 16.1. The number of nitrogens with zero attached hydrogens (tertiary/aromatic N) is 3. The number of amides is 1. The Labute approximate surface area is 109 Å². The van der Waals surface area contributed by atoms with Gasteiger partial charge in [-0.2, -0.15) is 5.10 Å². The van der Waals surface area contributed by atoms with Crippen LogP contribution in [0.25, 0.3) is 0 Å². The van der Waals surface area contributed by atoms with Crippen molar-refractivity contribution in [2.75, 3.05) is 6.54 Å². The molecule has 1 amide bonds. The maximum absolute atomic E-state index is 12.0. The molecule has 0 saturated carbocycles. The fourth-order valence-electron chi connectivity index (χ4n) is 1.41. The molecule has 0 aliphatic heterocycles. The van der Waals surface area contributed by atoms with Gasteiger partial charge in [-0.25, -0.2) is 4.98 Å². The van der Waals surface area contributed by atoms with Crippen molar-refractivity contribution < 1.29 is 4.79 Å². The maximum atomic E-state index is 12.0. The molecular weight excluding hydrogens is 244 g/mol. The van der Waals surface area contributed by atoms with E-state index in [0.717, 1.165) is 0 Å². The molecule has 0 fully saturated rings. The zero-order valence-electron chi connectivity index (χ0n) is 10.1. The number of rotatable bonds is 3. The average Bonchev–Trinajstić information content (AvgIpc) is 2.96. The van der Waals surface area contributed by atoms with Crippen LogP contribution in [-0.4, -0.2) is 32.6 Å². The number of carbonyl (C=O) groups is 1. The first-order chi connectivity index (χ1) is 9.31. The Balaban J connectivity index is 2.10. The molecule has 0 radical (unpaired) electrons. The number of hydrogen-bond acceptors (Lipinski definition) is 5. The first-order valence-electron chi connectivity index (χ1n) is 5.56. The molecule has 0 unspecified atom stereocenters. The van der Waals surface area contributed by atoms with Gasteiger partial charge in [-0.3, -0.25) is 14.9 Å². The topological polar surface area (TPSA) is 110 Å². The minimum absolute atomic E-state index is 0.230. The summed E-state index contributed by atoms with van der Waals surface area (Å²) >= 11 is 0. The highest BCUT2D eigenvalue weighted by molar-refractivity contribution is 5.96. The first-order valence-corrected chi connectivity index (χ1v) is 5.56. The van der Waals surface area contributed by atoms with Gasteiger partial charge in [0.25, 0.3) is 5.91 Å². The standard InChI is InChI=1S/C12H12N6O/c13-4-1-2-9-6-14-5-3-10(9)12(19)15-7-11-16-8-17-18-11/h3,5-6,8H,4,7,13H2,(H,15,19)(H,16,17,18). The lowest BCUT2D eigenvalue weighted by atomic mass is 10.1. The fourth-order valence-corrected chi connectivity index (χ4v) is 1.41. The summed E-state index contributed by atoms with van der Waals surface area (Å²) in [6, 6.07) is 1.61. The van der Waals surface area contributed by atoms with Crippen LogP contribution in [0.15, 0.2) is 24.8 Å². The molecule has 0 atom stereocenters. The van der Waals surface area contributed by atoms with E-state index in [1.54, 1.807) is 6.07 Å². The lowest BCUT2D eigenvalue weighted by Gasteiger charge is -2.04. The van der Waals surface area contributed by atoms with Gasteiger partial charge in [0.15, 0.2) is 0 Å². The zero-order valence-corrected chi connectivity index (χ0v) is 10.1. The van der Waals surface area contributed by atoms with Gasteiger partial charge in [-0.15, -0.1) is 0 Å². The van der Waals surface area contributed by atoms with Gasteiger partial charge in [0.2, 0.25) is 0 Å². The van der Waals surface area contributed by atoms with Gasteiger partial charge in [-0.05, 0) is 6.07 Å². The number of pyridine rings is 1. The van der Waals surface area contributed by atoms with E-state index >= 15 is 0 Å². The molecule has 19 heavy (non-hydrogen) atoms. The zero-order chi connectivity index (χ0) is 13.5. The van der Waals surface area contributed by atoms with Gasteiger partial charge >= 0.3 is 0 Å². The van der Waals surface area contributed by atoms with E-state index in [2.05, 4.69) is 37.3 Å². The summed E-state index contributed by atoms with van der Waals surface area (Å²) in [6.45, 7) is 0.499. The molecule has 2 aromatic heterocycles. The maximum Gasteiger partial charge on any atom is 0.253 e. The van der Waals surface area contributed by atoms with Crippen LogP contribution in [-0.2, 0) is 6.54 Å². The van der Waals surface area contributed by atoms with Crippen LogP contribution in [0.5, 0.6) is 0 Å². The molecule has 4 N–H and O–H groups in total. The summed E-state index contributed by atoms with van der Waals surface area (Å²) in [5.41, 5.74) is 6.31. The molecule has 0 aliphatic rings. The number of aromatic nitrogens is 4. The van der Waals surface area contributed by atoms with Crippen molar-refractivity contribution in [3.63, 3.8) is 0 Å². The van der Waals surface area contributed by atoms with Gasteiger partial charge in [0.05, 0.1) is 24.2 Å². The molecule has 2 rings (SSSR count). The normalized spacial score (nSPS) is 9.53. The third-order valence-corrected chi connectivity index (χ3v) is 2.27. The lowest BCUT2D eigenvalue weighted by Crippen LogP contribution is -2.24. The number of nitrogens with one attached hydrogen (secondary N) is 2. The summed E-state index contributed by atoms with van der Waals surface area (Å²) in [4.78, 5) is 19.9. The number of nitrogens with two attached hydrogens (primary N) is 1. The first kappa shape index (κ1) is 12.7. The second kappa shape index (κ2) is 6.28. The smallest absolute Gasteiger partial charge is 0.253 e. The van der Waals surface area contributed by atoms with Crippen LogP contribution in [0.3, 0.4) is 0 Å². The van der Waals surface area contributed by atoms with Gasteiger partial charge < -0.3 is 11.1 Å². The van der Waals surface area contributed by atoms with Crippen molar-refractivity contribution in [3.8, 4) is 11.8 Å². The lowest BCUT2D eigenvalue weighted by molar-refractivity contribution is 0.0949. The number of aromatic amines is 1. The second-order valence-electron chi connectivity index (χ2n) is 3.54. The summed E-state index contributed by atoms with van der Waals surface area (Å²) < 4.78 is 0. The number of carbonyl (C=O) groups excluding carboxylic acids is 1. The summed E-state index contributed by atoms with van der Waals surface area (Å²) in [6.07, 6.45) is 4.45. The molecule has 7 nitrogen and oxygen atoms in total. The third-order valence-electron chi connectivity index (χ3n) is 2.27. The molecular formula is C12H12N6O. The Hall–Kier alpha value is -2.72. The highest BCUT2D eigenvalue weighted by Gasteiger charge is 2.10. The molecule has 0 aromatic carbocycles. The van der Waals surface area contributed by atoms with Crippen molar-refractivity contribution in [1.29, 1.82) is 0 Å². The molecule has 2 aromatic rings. The monoisotopic (exact) mass is 256 g/mol. The van der Waals surface area contributed by atoms with Crippen LogP contribution in [0.2, 0.25) is 0 Å². The van der Waals surface area contributed by atoms with E-state index in [9.17, 15) is 4.79 Å². The van der Waals surface area contributed by atoms with E-state index < -0.39 is 0 Å². The van der Waals surface area contributed by atoms with E-state index in [0.29, 0.717) is 17.0 Å². The van der Waals surface area contributed by atoms with Crippen LogP contribution in [0.1, 0.15) is 21.7 Å². The third kappa shape index (κ3) is 3.37. The molecule has 0 bridgehead atoms. The summed E-state index contributed by atoms with van der Waals surface area (Å²) in [7, 11) is 0. The number of hydrogen-bond donors (Lipinski definition) is 3. The predicted octanol–water partition coefficient (Wildman–Crippen LogP) is -0.560.